The van der Waals surface area contributed by atoms with Crippen LogP contribution in [0, 0.1) is 0 Å². The van der Waals surface area contributed by atoms with Gasteiger partial charge in [0.2, 0.25) is 0 Å². The van der Waals surface area contributed by atoms with E-state index in [0.29, 0.717) is 17.3 Å². The first-order valence-electron chi connectivity index (χ1n) is 5.24. The molecule has 0 saturated carbocycles. The number of nitrogen functional groups attached to an aromatic ring is 2. The molecule has 0 aliphatic rings. The fourth-order valence-electron chi connectivity index (χ4n) is 1.46. The first kappa shape index (κ1) is 11.2. The number of pyridine rings is 2. The Bertz CT molecular complexity index is 515. The van der Waals surface area contributed by atoms with E-state index in [-0.39, 0.29) is 6.10 Å². The lowest BCUT2D eigenvalue weighted by molar-refractivity contribution is 0.227. The van der Waals surface area contributed by atoms with Crippen molar-refractivity contribution in [3.8, 4) is 5.75 Å². The van der Waals surface area contributed by atoms with Crippen LogP contribution in [0.3, 0.4) is 0 Å². The van der Waals surface area contributed by atoms with Gasteiger partial charge >= 0.3 is 0 Å². The monoisotopic (exact) mass is 230 g/mol. The highest BCUT2D eigenvalue weighted by Gasteiger charge is 2.10. The van der Waals surface area contributed by atoms with E-state index in [9.17, 15) is 0 Å². The van der Waals surface area contributed by atoms with Crippen molar-refractivity contribution in [3.63, 3.8) is 0 Å². The van der Waals surface area contributed by atoms with Crippen molar-refractivity contribution in [3.05, 3.63) is 42.4 Å². The molecule has 0 bridgehead atoms. The maximum absolute atomic E-state index is 5.70. The quantitative estimate of drug-likeness (QED) is 0.839. The van der Waals surface area contributed by atoms with Crippen LogP contribution in [-0.2, 0) is 0 Å². The normalized spacial score (nSPS) is 12.1. The Labute approximate surface area is 99.5 Å². The third-order valence-corrected chi connectivity index (χ3v) is 2.35. The number of aromatic nitrogens is 2. The number of hydrogen-bond acceptors (Lipinski definition) is 5. The van der Waals surface area contributed by atoms with Crippen molar-refractivity contribution < 1.29 is 4.74 Å². The Morgan fingerprint density at radius 3 is 2.82 bits per heavy atom. The Morgan fingerprint density at radius 1 is 1.29 bits per heavy atom. The van der Waals surface area contributed by atoms with Crippen molar-refractivity contribution >= 4 is 11.5 Å². The minimum atomic E-state index is -0.183. The van der Waals surface area contributed by atoms with Crippen LogP contribution in [0.25, 0.3) is 0 Å². The Balaban J connectivity index is 2.17. The first-order chi connectivity index (χ1) is 8.16. The molecule has 0 spiro atoms. The van der Waals surface area contributed by atoms with Crippen molar-refractivity contribution in [2.45, 2.75) is 13.0 Å². The fourth-order valence-corrected chi connectivity index (χ4v) is 1.46. The van der Waals surface area contributed by atoms with Crippen molar-refractivity contribution in [2.75, 3.05) is 11.5 Å². The minimum Gasteiger partial charge on any atom is -0.482 e. The van der Waals surface area contributed by atoms with Crippen molar-refractivity contribution in [1.82, 2.24) is 9.97 Å². The van der Waals surface area contributed by atoms with E-state index in [0.717, 1.165) is 5.56 Å². The molecule has 88 valence electrons. The predicted octanol–water partition coefficient (Wildman–Crippen LogP) is 1.78. The van der Waals surface area contributed by atoms with Crippen LogP contribution in [0.5, 0.6) is 5.75 Å². The summed E-state index contributed by atoms with van der Waals surface area (Å²) in [5, 5.41) is 0. The van der Waals surface area contributed by atoms with Crippen LogP contribution in [-0.4, -0.2) is 9.97 Å². The van der Waals surface area contributed by atoms with E-state index in [4.69, 9.17) is 16.2 Å². The molecule has 5 heteroatoms. The van der Waals surface area contributed by atoms with E-state index >= 15 is 0 Å². The number of hydrogen-bond donors (Lipinski definition) is 2. The molecule has 0 radical (unpaired) electrons. The number of nitrogens with zero attached hydrogens (tertiary/aromatic N) is 2. The standard InChI is InChI=1S/C12H14N4O/c1-8(9-5-10(13)7-15-6-9)17-11-3-2-4-16-12(11)14/h2-8H,13H2,1H3,(H2,14,16). The lowest BCUT2D eigenvalue weighted by atomic mass is 10.2. The Hall–Kier alpha value is -2.30. The van der Waals surface area contributed by atoms with Gasteiger partial charge in [-0.15, -0.1) is 0 Å². The second kappa shape index (κ2) is 4.69. The summed E-state index contributed by atoms with van der Waals surface area (Å²) in [4.78, 5) is 7.97. The topological polar surface area (TPSA) is 87.0 Å². The molecule has 2 aromatic heterocycles. The van der Waals surface area contributed by atoms with Gasteiger partial charge in [-0.3, -0.25) is 4.98 Å². The zero-order valence-electron chi connectivity index (χ0n) is 9.50. The molecule has 4 N–H and O–H groups in total. The molecule has 2 rings (SSSR count). The fraction of sp³-hybridized carbons (Fsp3) is 0.167. The molecule has 1 atom stereocenters. The van der Waals surface area contributed by atoms with Gasteiger partial charge in [0.05, 0.1) is 5.69 Å². The van der Waals surface area contributed by atoms with E-state index in [2.05, 4.69) is 9.97 Å². The zero-order valence-corrected chi connectivity index (χ0v) is 9.50. The van der Waals surface area contributed by atoms with Gasteiger partial charge in [-0.25, -0.2) is 4.98 Å². The third kappa shape index (κ3) is 2.63. The highest BCUT2D eigenvalue weighted by molar-refractivity contribution is 5.45. The summed E-state index contributed by atoms with van der Waals surface area (Å²) in [6.45, 7) is 1.91. The van der Waals surface area contributed by atoms with Crippen LogP contribution < -0.4 is 16.2 Å². The summed E-state index contributed by atoms with van der Waals surface area (Å²) in [5.41, 5.74) is 12.9. The van der Waals surface area contributed by atoms with Gasteiger partial charge in [0.15, 0.2) is 11.6 Å². The van der Waals surface area contributed by atoms with Crippen molar-refractivity contribution in [1.29, 1.82) is 0 Å². The Kier molecular flexibility index (Phi) is 3.09. The zero-order chi connectivity index (χ0) is 12.3. The molecule has 5 nitrogen and oxygen atoms in total. The highest BCUT2D eigenvalue weighted by atomic mass is 16.5. The molecule has 2 heterocycles. The summed E-state index contributed by atoms with van der Waals surface area (Å²) >= 11 is 0. The van der Waals surface area contributed by atoms with Gasteiger partial charge in [0.1, 0.15) is 6.10 Å². The van der Waals surface area contributed by atoms with Crippen LogP contribution >= 0.6 is 0 Å². The van der Waals surface area contributed by atoms with E-state index in [1.807, 2.05) is 13.0 Å². The average Bonchev–Trinajstić information content (AvgIpc) is 2.32. The number of ether oxygens (including phenoxy) is 1. The molecular weight excluding hydrogens is 216 g/mol. The molecule has 0 aromatic carbocycles. The summed E-state index contributed by atoms with van der Waals surface area (Å²) in [5.74, 6) is 0.929. The predicted molar refractivity (Wildman–Crippen MR) is 66.3 cm³/mol. The van der Waals surface area contributed by atoms with Crippen LogP contribution in [0.4, 0.5) is 11.5 Å². The summed E-state index contributed by atoms with van der Waals surface area (Å²) in [6.07, 6.45) is 4.74. The van der Waals surface area contributed by atoms with Gasteiger partial charge in [0, 0.05) is 24.2 Å². The average molecular weight is 230 g/mol. The van der Waals surface area contributed by atoms with Crippen LogP contribution in [0.15, 0.2) is 36.8 Å². The summed E-state index contributed by atoms with van der Waals surface area (Å²) in [6, 6.07) is 5.37. The minimum absolute atomic E-state index is 0.183. The van der Waals surface area contributed by atoms with Gasteiger partial charge < -0.3 is 16.2 Å². The van der Waals surface area contributed by atoms with Gasteiger partial charge in [-0.1, -0.05) is 0 Å². The Morgan fingerprint density at radius 2 is 2.12 bits per heavy atom. The second-order valence-electron chi connectivity index (χ2n) is 3.70. The molecule has 0 fully saturated rings. The molecule has 0 saturated heterocycles. The molecule has 2 aromatic rings. The number of rotatable bonds is 3. The lowest BCUT2D eigenvalue weighted by Gasteiger charge is -2.15. The molecule has 17 heavy (non-hydrogen) atoms. The van der Waals surface area contributed by atoms with Gasteiger partial charge in [-0.2, -0.15) is 0 Å². The van der Waals surface area contributed by atoms with Gasteiger partial charge in [0.25, 0.3) is 0 Å². The molecule has 0 aliphatic carbocycles. The SMILES string of the molecule is CC(Oc1cccnc1N)c1cncc(N)c1. The molecular formula is C12H14N4O. The smallest absolute Gasteiger partial charge is 0.166 e. The largest absolute Gasteiger partial charge is 0.482 e. The first-order valence-corrected chi connectivity index (χ1v) is 5.24. The number of nitrogens with two attached hydrogens (primary N) is 2. The summed E-state index contributed by atoms with van der Waals surface area (Å²) in [7, 11) is 0. The molecule has 1 unspecified atom stereocenters. The van der Waals surface area contributed by atoms with E-state index < -0.39 is 0 Å². The van der Waals surface area contributed by atoms with Crippen LogP contribution in [0.1, 0.15) is 18.6 Å². The number of anilines is 2. The molecule has 0 amide bonds. The lowest BCUT2D eigenvalue weighted by Crippen LogP contribution is -2.06. The second-order valence-corrected chi connectivity index (χ2v) is 3.70. The summed E-state index contributed by atoms with van der Waals surface area (Å²) < 4.78 is 5.70. The van der Waals surface area contributed by atoms with Crippen LogP contribution in [0.2, 0.25) is 0 Å². The van der Waals surface area contributed by atoms with E-state index in [1.54, 1.807) is 30.7 Å². The maximum atomic E-state index is 5.70. The molecule has 0 aliphatic heterocycles. The maximum Gasteiger partial charge on any atom is 0.166 e. The third-order valence-electron chi connectivity index (χ3n) is 2.35. The van der Waals surface area contributed by atoms with Crippen molar-refractivity contribution in [2.24, 2.45) is 0 Å². The van der Waals surface area contributed by atoms with E-state index in [1.165, 1.54) is 0 Å². The van der Waals surface area contributed by atoms with Gasteiger partial charge in [-0.05, 0) is 25.1 Å². The highest BCUT2D eigenvalue weighted by Crippen LogP contribution is 2.25.